The number of hydrogen-bond donors (Lipinski definition) is 0. The van der Waals surface area contributed by atoms with Gasteiger partial charge in [-0.1, -0.05) is 6.92 Å². The molecule has 0 aliphatic heterocycles. The van der Waals surface area contributed by atoms with Gasteiger partial charge >= 0.3 is 5.97 Å². The molecule has 0 saturated carbocycles. The first-order valence-electron chi connectivity index (χ1n) is 9.41. The van der Waals surface area contributed by atoms with E-state index in [0.29, 0.717) is 11.3 Å². The van der Waals surface area contributed by atoms with Crippen molar-refractivity contribution in [2.24, 2.45) is 0 Å². The smallest absolute Gasteiger partial charge is 0.344 e. The molecule has 0 radical (unpaired) electrons. The number of Topliss-reactive ketones (excluding diaryl/α,β-unsaturated/α-hetero) is 1. The van der Waals surface area contributed by atoms with Crippen LogP contribution in [0.1, 0.15) is 45.4 Å². The third-order valence-electron chi connectivity index (χ3n) is 4.50. The number of rotatable bonds is 8. The first-order valence-corrected chi connectivity index (χ1v) is 9.41. The van der Waals surface area contributed by atoms with Gasteiger partial charge in [0.05, 0.1) is 6.20 Å². The number of carbonyl (C=O) groups is 2. The molecular weight excluding hydrogens is 370 g/mol. The van der Waals surface area contributed by atoms with Crippen LogP contribution in [0.2, 0.25) is 0 Å². The minimum absolute atomic E-state index is 0.0964. The van der Waals surface area contributed by atoms with Crippen LogP contribution in [0.5, 0.6) is 11.6 Å². The van der Waals surface area contributed by atoms with Crippen molar-refractivity contribution in [3.8, 4) is 11.6 Å². The molecule has 0 fully saturated rings. The summed E-state index contributed by atoms with van der Waals surface area (Å²) in [6, 6.07) is 8.39. The third kappa shape index (κ3) is 4.68. The van der Waals surface area contributed by atoms with Crippen molar-refractivity contribution in [2.45, 2.75) is 33.7 Å². The fourth-order valence-corrected chi connectivity index (χ4v) is 3.08. The Morgan fingerprint density at radius 2 is 1.90 bits per heavy atom. The molecule has 0 bridgehead atoms. The molecule has 3 rings (SSSR count). The Labute approximate surface area is 169 Å². The lowest BCUT2D eigenvalue weighted by Crippen LogP contribution is -2.16. The molecule has 0 atom stereocenters. The van der Waals surface area contributed by atoms with Crippen LogP contribution < -0.4 is 4.74 Å². The zero-order valence-electron chi connectivity index (χ0n) is 16.7. The van der Waals surface area contributed by atoms with Crippen molar-refractivity contribution in [2.75, 3.05) is 6.61 Å². The predicted octanol–water partition coefficient (Wildman–Crippen LogP) is 4.14. The van der Waals surface area contributed by atoms with E-state index in [9.17, 15) is 9.59 Å². The summed E-state index contributed by atoms with van der Waals surface area (Å²) in [4.78, 5) is 33.2. The Bertz CT molecular complexity index is 1010. The van der Waals surface area contributed by atoms with Crippen LogP contribution in [0.25, 0.3) is 0 Å². The molecule has 0 aromatic carbocycles. The molecule has 3 aromatic rings. The van der Waals surface area contributed by atoms with Crippen LogP contribution >= 0.6 is 0 Å². The summed E-state index contributed by atoms with van der Waals surface area (Å²) in [5.74, 6) is -0.376. The second-order valence-electron chi connectivity index (χ2n) is 6.58. The highest BCUT2D eigenvalue weighted by atomic mass is 16.5. The molecule has 3 aromatic heterocycles. The summed E-state index contributed by atoms with van der Waals surface area (Å²) in [5, 5.41) is 0. The minimum Gasteiger partial charge on any atom is -0.454 e. The SMILES string of the molecule is CCCn1c(C)cc(C(=O)COC(=O)c2cccnc2Oc2cccnc2)c1C. The van der Waals surface area contributed by atoms with E-state index in [4.69, 9.17) is 9.47 Å². The van der Waals surface area contributed by atoms with Crippen LogP contribution in [-0.2, 0) is 11.3 Å². The van der Waals surface area contributed by atoms with Crippen molar-refractivity contribution < 1.29 is 19.1 Å². The molecule has 0 saturated heterocycles. The number of esters is 1. The van der Waals surface area contributed by atoms with E-state index in [-0.39, 0.29) is 23.8 Å². The number of hydrogen-bond acceptors (Lipinski definition) is 6. The number of carbonyl (C=O) groups excluding carboxylic acids is 2. The maximum Gasteiger partial charge on any atom is 0.344 e. The Balaban J connectivity index is 1.70. The lowest BCUT2D eigenvalue weighted by atomic mass is 10.1. The normalized spacial score (nSPS) is 10.6. The van der Waals surface area contributed by atoms with Crippen molar-refractivity contribution in [3.05, 3.63) is 71.4 Å². The fourth-order valence-electron chi connectivity index (χ4n) is 3.08. The standard InChI is InChI=1S/C22H23N3O4/c1-4-11-25-15(2)12-19(16(25)3)20(26)14-28-22(27)18-8-6-10-24-21(18)29-17-7-5-9-23-13-17/h5-10,12-13H,4,11,14H2,1-3H3. The number of nitrogens with zero attached hydrogens (tertiary/aromatic N) is 3. The molecule has 150 valence electrons. The Kier molecular flexibility index (Phi) is 6.39. The van der Waals surface area contributed by atoms with E-state index >= 15 is 0 Å². The highest BCUT2D eigenvalue weighted by molar-refractivity contribution is 6.00. The summed E-state index contributed by atoms with van der Waals surface area (Å²) >= 11 is 0. The monoisotopic (exact) mass is 393 g/mol. The Morgan fingerprint density at radius 3 is 2.62 bits per heavy atom. The molecule has 0 amide bonds. The van der Waals surface area contributed by atoms with Crippen LogP contribution in [-0.4, -0.2) is 32.9 Å². The molecule has 0 spiro atoms. The van der Waals surface area contributed by atoms with Gasteiger partial charge in [0, 0.05) is 35.9 Å². The van der Waals surface area contributed by atoms with Gasteiger partial charge in [0.25, 0.3) is 0 Å². The number of ether oxygens (including phenoxy) is 2. The number of aryl methyl sites for hydroxylation is 1. The molecule has 0 unspecified atom stereocenters. The van der Waals surface area contributed by atoms with Crippen molar-refractivity contribution in [1.29, 1.82) is 0 Å². The zero-order chi connectivity index (χ0) is 20.8. The minimum atomic E-state index is -0.673. The molecule has 3 heterocycles. The van der Waals surface area contributed by atoms with Crippen molar-refractivity contribution in [1.82, 2.24) is 14.5 Å². The van der Waals surface area contributed by atoms with E-state index in [1.807, 2.05) is 19.9 Å². The number of pyridine rings is 2. The van der Waals surface area contributed by atoms with Gasteiger partial charge < -0.3 is 14.0 Å². The van der Waals surface area contributed by atoms with E-state index < -0.39 is 5.97 Å². The van der Waals surface area contributed by atoms with Gasteiger partial charge in [-0.25, -0.2) is 9.78 Å². The third-order valence-corrected chi connectivity index (χ3v) is 4.50. The summed E-state index contributed by atoms with van der Waals surface area (Å²) < 4.78 is 13.0. The number of aromatic nitrogens is 3. The largest absolute Gasteiger partial charge is 0.454 e. The van der Waals surface area contributed by atoms with Crippen LogP contribution in [0.4, 0.5) is 0 Å². The van der Waals surface area contributed by atoms with Crippen molar-refractivity contribution in [3.63, 3.8) is 0 Å². The molecule has 29 heavy (non-hydrogen) atoms. The predicted molar refractivity (Wildman–Crippen MR) is 107 cm³/mol. The molecular formula is C22H23N3O4. The quantitative estimate of drug-likeness (QED) is 0.423. The maximum absolute atomic E-state index is 12.6. The molecule has 7 nitrogen and oxygen atoms in total. The van der Waals surface area contributed by atoms with E-state index in [2.05, 4.69) is 21.5 Å². The van der Waals surface area contributed by atoms with E-state index in [1.54, 1.807) is 30.5 Å². The average Bonchev–Trinajstić information content (AvgIpc) is 3.01. The average molecular weight is 393 g/mol. The first-order chi connectivity index (χ1) is 14.0. The lowest BCUT2D eigenvalue weighted by Gasteiger charge is -2.10. The highest BCUT2D eigenvalue weighted by Crippen LogP contribution is 2.23. The van der Waals surface area contributed by atoms with Crippen LogP contribution in [0.3, 0.4) is 0 Å². The molecule has 0 aliphatic rings. The van der Waals surface area contributed by atoms with Gasteiger partial charge in [-0.15, -0.1) is 0 Å². The van der Waals surface area contributed by atoms with Crippen molar-refractivity contribution >= 4 is 11.8 Å². The summed E-state index contributed by atoms with van der Waals surface area (Å²) in [7, 11) is 0. The topological polar surface area (TPSA) is 83.3 Å². The van der Waals surface area contributed by atoms with Gasteiger partial charge in [0.1, 0.15) is 11.3 Å². The fraction of sp³-hybridized carbons (Fsp3) is 0.273. The van der Waals surface area contributed by atoms with Gasteiger partial charge in [0.2, 0.25) is 11.7 Å². The molecule has 7 heteroatoms. The van der Waals surface area contributed by atoms with Gasteiger partial charge in [0.15, 0.2) is 6.61 Å². The second-order valence-corrected chi connectivity index (χ2v) is 6.58. The number of ketones is 1. The van der Waals surface area contributed by atoms with Crippen LogP contribution in [0.15, 0.2) is 48.9 Å². The summed E-state index contributed by atoms with van der Waals surface area (Å²) in [6.45, 7) is 6.44. The van der Waals surface area contributed by atoms with E-state index in [1.165, 1.54) is 12.4 Å². The Morgan fingerprint density at radius 1 is 1.10 bits per heavy atom. The molecule has 0 N–H and O–H groups in total. The zero-order valence-corrected chi connectivity index (χ0v) is 16.7. The highest BCUT2D eigenvalue weighted by Gasteiger charge is 2.20. The first kappa shape index (κ1) is 20.3. The van der Waals surface area contributed by atoms with E-state index in [0.717, 1.165) is 24.4 Å². The second kappa shape index (κ2) is 9.14. The Hall–Kier alpha value is -3.48. The lowest BCUT2D eigenvalue weighted by molar-refractivity contribution is 0.0471. The van der Waals surface area contributed by atoms with Gasteiger partial charge in [-0.3, -0.25) is 9.78 Å². The van der Waals surface area contributed by atoms with Gasteiger partial charge in [-0.2, -0.15) is 0 Å². The maximum atomic E-state index is 12.6. The van der Waals surface area contributed by atoms with Crippen LogP contribution in [0, 0.1) is 13.8 Å². The summed E-state index contributed by atoms with van der Waals surface area (Å²) in [5.41, 5.74) is 2.60. The summed E-state index contributed by atoms with van der Waals surface area (Å²) in [6.07, 6.45) is 5.61. The molecule has 0 aliphatic carbocycles. The van der Waals surface area contributed by atoms with Gasteiger partial charge in [-0.05, 0) is 50.6 Å².